The lowest BCUT2D eigenvalue weighted by Crippen LogP contribution is -2.27. The van der Waals surface area contributed by atoms with Crippen molar-refractivity contribution >= 4 is 12.4 Å². The number of imide groups is 1. The van der Waals surface area contributed by atoms with Crippen LogP contribution in [0.3, 0.4) is 0 Å². The Balaban J connectivity index is 0.000000255. The molecule has 0 saturated carbocycles. The molecule has 0 heterocycles. The molecule has 0 aromatic heterocycles. The third kappa shape index (κ3) is 6.84. The molecule has 1 rings (SSSR count). The molecule has 0 aliphatic rings. The van der Waals surface area contributed by atoms with Crippen molar-refractivity contribution in [3.8, 4) is 0 Å². The van der Waals surface area contributed by atoms with Gasteiger partial charge < -0.3 is 5.73 Å². The second kappa shape index (κ2) is 6.65. The van der Waals surface area contributed by atoms with Gasteiger partial charge >= 0.3 is 6.03 Å². The van der Waals surface area contributed by atoms with Crippen LogP contribution < -0.4 is 11.1 Å². The Kier molecular flexibility index (Phi) is 5.78. The number of rotatable bonds is 1. The molecular weight excluding hydrogens is 180 g/mol. The largest absolute Gasteiger partial charge is 0.351 e. The number of nitrogens with one attached hydrogen (secondary N) is 1. The molecule has 0 unspecified atom stereocenters. The first kappa shape index (κ1) is 12.2. The van der Waals surface area contributed by atoms with E-state index in [4.69, 9.17) is 0 Å². The van der Waals surface area contributed by atoms with E-state index in [0.29, 0.717) is 0 Å². The molecular formula is C10H14N2O2. The molecule has 0 spiro atoms. The van der Waals surface area contributed by atoms with E-state index >= 15 is 0 Å². The molecule has 3 amide bonds. The van der Waals surface area contributed by atoms with Gasteiger partial charge in [0.25, 0.3) is 0 Å². The van der Waals surface area contributed by atoms with Crippen LogP contribution in [0.15, 0.2) is 24.3 Å². The molecule has 1 aromatic carbocycles. The topological polar surface area (TPSA) is 72.2 Å². The zero-order valence-corrected chi connectivity index (χ0v) is 8.28. The van der Waals surface area contributed by atoms with Gasteiger partial charge in [-0.2, -0.15) is 0 Å². The number of carbonyl (C=O) groups is 2. The van der Waals surface area contributed by atoms with E-state index in [2.05, 4.69) is 43.8 Å². The minimum absolute atomic E-state index is 0.225. The molecule has 76 valence electrons. The SMILES string of the molecule is Cc1ccc(C)cc1.NC(=O)NC=O. The van der Waals surface area contributed by atoms with Crippen LogP contribution in [-0.4, -0.2) is 12.4 Å². The smallest absolute Gasteiger partial charge is 0.318 e. The summed E-state index contributed by atoms with van der Waals surface area (Å²) in [5.74, 6) is 0. The van der Waals surface area contributed by atoms with Gasteiger partial charge in [-0.25, -0.2) is 4.79 Å². The number of hydrogen-bond donors (Lipinski definition) is 2. The zero-order chi connectivity index (χ0) is 11.0. The fraction of sp³-hybridized carbons (Fsp3) is 0.200. The fourth-order valence-electron chi connectivity index (χ4n) is 0.695. The predicted octanol–water partition coefficient (Wildman–Crippen LogP) is 1.11. The molecule has 0 radical (unpaired) electrons. The number of benzene rings is 1. The highest BCUT2D eigenvalue weighted by molar-refractivity contribution is 5.82. The van der Waals surface area contributed by atoms with Gasteiger partial charge in [-0.05, 0) is 13.8 Å². The molecule has 14 heavy (non-hydrogen) atoms. The number of aryl methyl sites for hydroxylation is 2. The normalized spacial score (nSPS) is 8.14. The molecule has 4 heteroatoms. The lowest BCUT2D eigenvalue weighted by Gasteiger charge is -1.90. The van der Waals surface area contributed by atoms with E-state index < -0.39 is 6.03 Å². The Morgan fingerprint density at radius 3 is 1.71 bits per heavy atom. The number of hydrogen-bond acceptors (Lipinski definition) is 2. The minimum atomic E-state index is -0.829. The average molecular weight is 194 g/mol. The van der Waals surface area contributed by atoms with Crippen LogP contribution in [0.25, 0.3) is 0 Å². The van der Waals surface area contributed by atoms with Crippen molar-refractivity contribution < 1.29 is 9.59 Å². The fourth-order valence-corrected chi connectivity index (χ4v) is 0.695. The van der Waals surface area contributed by atoms with Crippen LogP contribution in [0, 0.1) is 13.8 Å². The molecule has 0 atom stereocenters. The number of carbonyl (C=O) groups excluding carboxylic acids is 2. The molecule has 1 aromatic rings. The molecule has 4 nitrogen and oxygen atoms in total. The first-order chi connectivity index (χ1) is 6.56. The van der Waals surface area contributed by atoms with Gasteiger partial charge in [0.05, 0.1) is 0 Å². The third-order valence-corrected chi connectivity index (χ3v) is 1.42. The number of nitrogens with two attached hydrogens (primary N) is 1. The molecule has 0 bridgehead atoms. The second-order valence-corrected chi connectivity index (χ2v) is 2.78. The summed E-state index contributed by atoms with van der Waals surface area (Å²) in [6, 6.07) is 7.65. The van der Waals surface area contributed by atoms with Crippen LogP contribution in [0.5, 0.6) is 0 Å². The monoisotopic (exact) mass is 194 g/mol. The van der Waals surface area contributed by atoms with Gasteiger partial charge in [-0.3, -0.25) is 10.1 Å². The van der Waals surface area contributed by atoms with Crippen LogP contribution in [0.1, 0.15) is 11.1 Å². The minimum Gasteiger partial charge on any atom is -0.351 e. The van der Waals surface area contributed by atoms with Crippen molar-refractivity contribution in [1.29, 1.82) is 0 Å². The van der Waals surface area contributed by atoms with Gasteiger partial charge in [0.2, 0.25) is 6.41 Å². The zero-order valence-electron chi connectivity index (χ0n) is 8.28. The van der Waals surface area contributed by atoms with Gasteiger partial charge in [0.1, 0.15) is 0 Å². The van der Waals surface area contributed by atoms with Crippen molar-refractivity contribution in [1.82, 2.24) is 5.32 Å². The Morgan fingerprint density at radius 1 is 1.21 bits per heavy atom. The van der Waals surface area contributed by atoms with Crippen molar-refractivity contribution in [2.24, 2.45) is 5.73 Å². The summed E-state index contributed by atoms with van der Waals surface area (Å²) in [6.45, 7) is 4.19. The lowest BCUT2D eigenvalue weighted by molar-refractivity contribution is -0.108. The van der Waals surface area contributed by atoms with Gasteiger partial charge in [-0.1, -0.05) is 35.4 Å². The molecule has 0 fully saturated rings. The Bertz CT molecular complexity index is 272. The quantitative estimate of drug-likeness (QED) is 0.657. The van der Waals surface area contributed by atoms with Crippen LogP contribution in [0.2, 0.25) is 0 Å². The Morgan fingerprint density at radius 2 is 1.57 bits per heavy atom. The summed E-state index contributed by atoms with van der Waals surface area (Å²) in [4.78, 5) is 18.7. The maximum atomic E-state index is 9.48. The van der Waals surface area contributed by atoms with E-state index in [-0.39, 0.29) is 6.41 Å². The predicted molar refractivity (Wildman–Crippen MR) is 54.7 cm³/mol. The highest BCUT2D eigenvalue weighted by atomic mass is 16.2. The van der Waals surface area contributed by atoms with Crippen LogP contribution in [0.4, 0.5) is 4.79 Å². The van der Waals surface area contributed by atoms with E-state index in [0.717, 1.165) is 0 Å². The van der Waals surface area contributed by atoms with Crippen molar-refractivity contribution in [2.45, 2.75) is 13.8 Å². The Labute approximate surface area is 83.1 Å². The van der Waals surface area contributed by atoms with Gasteiger partial charge in [0, 0.05) is 0 Å². The first-order valence-corrected chi connectivity index (χ1v) is 4.09. The van der Waals surface area contributed by atoms with Crippen molar-refractivity contribution in [3.05, 3.63) is 35.4 Å². The van der Waals surface area contributed by atoms with Crippen LogP contribution >= 0.6 is 0 Å². The van der Waals surface area contributed by atoms with E-state index in [1.807, 2.05) is 0 Å². The molecule has 0 aliphatic carbocycles. The average Bonchev–Trinajstić information content (AvgIpc) is 2.11. The van der Waals surface area contributed by atoms with Crippen LogP contribution in [-0.2, 0) is 4.79 Å². The molecule has 0 aliphatic heterocycles. The van der Waals surface area contributed by atoms with E-state index in [1.165, 1.54) is 11.1 Å². The number of urea groups is 1. The summed E-state index contributed by atoms with van der Waals surface area (Å²) in [5, 5.41) is 1.67. The Hall–Kier alpha value is -1.84. The lowest BCUT2D eigenvalue weighted by atomic mass is 10.2. The van der Waals surface area contributed by atoms with Crippen molar-refractivity contribution in [2.75, 3.05) is 0 Å². The highest BCUT2D eigenvalue weighted by Crippen LogP contribution is 1.99. The third-order valence-electron chi connectivity index (χ3n) is 1.42. The first-order valence-electron chi connectivity index (χ1n) is 4.09. The molecule has 3 N–H and O–H groups in total. The van der Waals surface area contributed by atoms with Gasteiger partial charge in [-0.15, -0.1) is 0 Å². The number of amides is 3. The second-order valence-electron chi connectivity index (χ2n) is 2.78. The standard InChI is InChI=1S/C8H10.C2H4N2O2/c1-7-3-5-8(2)6-4-7;3-2(6)4-1-5/h3-6H,1-2H3;1H,(H3,3,4,5,6). The van der Waals surface area contributed by atoms with E-state index in [9.17, 15) is 9.59 Å². The summed E-state index contributed by atoms with van der Waals surface area (Å²) in [5.41, 5.74) is 7.08. The summed E-state index contributed by atoms with van der Waals surface area (Å²) in [7, 11) is 0. The van der Waals surface area contributed by atoms with Gasteiger partial charge in [0.15, 0.2) is 0 Å². The van der Waals surface area contributed by atoms with Crippen molar-refractivity contribution in [3.63, 3.8) is 0 Å². The van der Waals surface area contributed by atoms with E-state index in [1.54, 1.807) is 5.32 Å². The maximum Gasteiger partial charge on any atom is 0.318 e. The highest BCUT2D eigenvalue weighted by Gasteiger charge is 1.80. The molecule has 0 saturated heterocycles. The summed E-state index contributed by atoms with van der Waals surface area (Å²) < 4.78 is 0. The summed E-state index contributed by atoms with van der Waals surface area (Å²) >= 11 is 0. The maximum absolute atomic E-state index is 9.48. The number of primary amides is 1. The summed E-state index contributed by atoms with van der Waals surface area (Å²) in [6.07, 6.45) is 0.225.